The van der Waals surface area contributed by atoms with Crippen molar-refractivity contribution >= 4 is 0 Å². The van der Waals surface area contributed by atoms with E-state index in [0.717, 1.165) is 6.42 Å². The maximum absolute atomic E-state index is 3.49. The van der Waals surface area contributed by atoms with E-state index >= 15 is 0 Å². The average molecular weight is 170 g/mol. The maximum atomic E-state index is 3.49. The molecule has 0 saturated carbocycles. The van der Waals surface area contributed by atoms with E-state index in [1.165, 1.54) is 0 Å². The molecule has 0 aliphatic heterocycles. The minimum absolute atomic E-state index is 0. The summed E-state index contributed by atoms with van der Waals surface area (Å²) in [5, 5.41) is 0. The quantitative estimate of drug-likeness (QED) is 0.298. The van der Waals surface area contributed by atoms with Crippen molar-refractivity contribution in [1.82, 2.24) is 0 Å². The summed E-state index contributed by atoms with van der Waals surface area (Å²) in [7, 11) is 0. The Labute approximate surface area is 44.6 Å². The van der Waals surface area contributed by atoms with Gasteiger partial charge in [0.05, 0.1) is 13.3 Å². The molecule has 0 aliphatic carbocycles. The van der Waals surface area contributed by atoms with Crippen LogP contribution < -0.4 is 24.0 Å². The van der Waals surface area contributed by atoms with Crippen molar-refractivity contribution in [2.24, 2.45) is 0 Å². The lowest BCUT2D eigenvalue weighted by Gasteiger charge is -1.36. The molecule has 0 heterocycles. The van der Waals surface area contributed by atoms with Crippen LogP contribution in [0, 0.1) is 6.92 Å². The van der Waals surface area contributed by atoms with Crippen LogP contribution in [0.25, 0.3) is 0 Å². The smallest absolute Gasteiger partial charge is 0.0822 e. The molecular weight excluding hydrogens is 163 g/mol. The second-order valence-corrected chi connectivity index (χ2v) is 0.500. The van der Waals surface area contributed by atoms with Crippen LogP contribution in [0.5, 0.6) is 0 Å². The fourth-order valence-corrected chi connectivity index (χ4v) is 0. The monoisotopic (exact) mass is 170 g/mol. The van der Waals surface area contributed by atoms with E-state index in [1.807, 2.05) is 6.92 Å². The van der Waals surface area contributed by atoms with Crippen LogP contribution in [0.2, 0.25) is 0 Å². The van der Waals surface area contributed by atoms with E-state index < -0.39 is 0 Å². The minimum atomic E-state index is 0. The lowest BCUT2D eigenvalue weighted by atomic mass is 10.6. The van der Waals surface area contributed by atoms with Gasteiger partial charge in [-0.1, -0.05) is 0 Å². The Balaban J connectivity index is 0. The zero-order valence-electron chi connectivity index (χ0n) is 2.79. The molecule has 0 atom stereocenters. The normalized spacial score (nSPS) is 4.25. The standard InChI is InChI=1S/C3H7.HI/c1-3-2;/h1,3H2,2H3;1H/q+1;/p-1. The highest BCUT2D eigenvalue weighted by molar-refractivity contribution is 4.18. The Morgan fingerprint density at radius 3 is 1.75 bits per heavy atom. The molecule has 0 aromatic carbocycles. The third-order valence-electron chi connectivity index (χ3n) is 0. The van der Waals surface area contributed by atoms with Crippen molar-refractivity contribution in [3.63, 3.8) is 0 Å². The third-order valence-corrected chi connectivity index (χ3v) is 0. The third kappa shape index (κ3) is 18.5. The van der Waals surface area contributed by atoms with Crippen LogP contribution in [-0.4, -0.2) is 0 Å². The summed E-state index contributed by atoms with van der Waals surface area (Å²) in [6.45, 7) is 5.50. The predicted octanol–water partition coefficient (Wildman–Crippen LogP) is -1.77. The van der Waals surface area contributed by atoms with Crippen molar-refractivity contribution in [3.05, 3.63) is 6.92 Å². The molecule has 0 fully saturated rings. The summed E-state index contributed by atoms with van der Waals surface area (Å²) in [5.41, 5.74) is 0. The summed E-state index contributed by atoms with van der Waals surface area (Å²) in [4.78, 5) is 0. The fraction of sp³-hybridized carbons (Fsp3) is 0.667. The van der Waals surface area contributed by atoms with Crippen LogP contribution in [0.1, 0.15) is 13.3 Å². The highest BCUT2D eigenvalue weighted by atomic mass is 127. The first-order chi connectivity index (χ1) is 1.41. The van der Waals surface area contributed by atoms with Gasteiger partial charge in [-0.3, -0.25) is 0 Å². The zero-order chi connectivity index (χ0) is 2.71. The summed E-state index contributed by atoms with van der Waals surface area (Å²) < 4.78 is 0. The second-order valence-electron chi connectivity index (χ2n) is 0.500. The van der Waals surface area contributed by atoms with Crippen molar-refractivity contribution in [1.29, 1.82) is 0 Å². The summed E-state index contributed by atoms with van der Waals surface area (Å²) >= 11 is 0. The molecule has 0 aromatic heterocycles. The minimum Gasteiger partial charge on any atom is -1.00 e. The number of rotatable bonds is 0. The molecule has 0 N–H and O–H groups in total. The van der Waals surface area contributed by atoms with Crippen molar-refractivity contribution in [3.8, 4) is 0 Å². The van der Waals surface area contributed by atoms with Crippen LogP contribution in [0.4, 0.5) is 0 Å². The van der Waals surface area contributed by atoms with E-state index in [9.17, 15) is 0 Å². The molecule has 0 spiro atoms. The predicted molar refractivity (Wildman–Crippen MR) is 15.6 cm³/mol. The molecule has 0 bridgehead atoms. The van der Waals surface area contributed by atoms with Gasteiger partial charge in [0.2, 0.25) is 0 Å². The molecule has 0 unspecified atom stereocenters. The Morgan fingerprint density at radius 2 is 1.75 bits per heavy atom. The molecule has 1 heteroatoms. The fourth-order valence-electron chi connectivity index (χ4n) is 0. The van der Waals surface area contributed by atoms with E-state index in [2.05, 4.69) is 6.92 Å². The Hall–Kier alpha value is 0.600. The summed E-state index contributed by atoms with van der Waals surface area (Å²) in [6, 6.07) is 0. The van der Waals surface area contributed by atoms with Gasteiger partial charge in [0, 0.05) is 0 Å². The van der Waals surface area contributed by atoms with Gasteiger partial charge in [0.25, 0.3) is 0 Å². The molecule has 0 rings (SSSR count). The molecule has 0 aromatic rings. The molecule has 26 valence electrons. The van der Waals surface area contributed by atoms with Crippen LogP contribution in [0.3, 0.4) is 0 Å². The van der Waals surface area contributed by atoms with Gasteiger partial charge < -0.3 is 24.0 Å². The lowest BCUT2D eigenvalue weighted by Crippen LogP contribution is -3.00. The molecule has 0 amide bonds. The summed E-state index contributed by atoms with van der Waals surface area (Å²) in [6.07, 6.45) is 1.00. The summed E-state index contributed by atoms with van der Waals surface area (Å²) in [5.74, 6) is 0. The first kappa shape index (κ1) is 8.82. The van der Waals surface area contributed by atoms with Gasteiger partial charge in [0.1, 0.15) is 0 Å². The van der Waals surface area contributed by atoms with Gasteiger partial charge in [-0.25, -0.2) is 0 Å². The van der Waals surface area contributed by atoms with Crippen molar-refractivity contribution in [2.45, 2.75) is 13.3 Å². The van der Waals surface area contributed by atoms with E-state index in [4.69, 9.17) is 0 Å². The van der Waals surface area contributed by atoms with Gasteiger partial charge in [-0.05, 0) is 6.92 Å². The highest BCUT2D eigenvalue weighted by Crippen LogP contribution is 1.54. The average Bonchev–Trinajstić information content (AvgIpc) is 0.918. The Morgan fingerprint density at radius 1 is 1.75 bits per heavy atom. The largest absolute Gasteiger partial charge is 1.00 e. The molecule has 0 aliphatic rings. The van der Waals surface area contributed by atoms with Gasteiger partial charge in [0.15, 0.2) is 0 Å². The molecule has 0 nitrogen and oxygen atoms in total. The number of halogens is 1. The van der Waals surface area contributed by atoms with E-state index in [0.29, 0.717) is 0 Å². The maximum Gasteiger partial charge on any atom is 0.0822 e. The molecule has 0 saturated heterocycles. The zero-order valence-corrected chi connectivity index (χ0v) is 4.95. The van der Waals surface area contributed by atoms with Crippen LogP contribution >= 0.6 is 0 Å². The Kier molecular flexibility index (Phi) is 21.0. The number of hydrogen-bond acceptors (Lipinski definition) is 0. The van der Waals surface area contributed by atoms with Crippen LogP contribution in [0.15, 0.2) is 0 Å². The topological polar surface area (TPSA) is 0 Å². The SMILES string of the molecule is [CH2+]CC.[I-]. The molecule has 4 heavy (non-hydrogen) atoms. The number of hydrogen-bond donors (Lipinski definition) is 0. The van der Waals surface area contributed by atoms with Gasteiger partial charge in [-0.15, -0.1) is 0 Å². The molecule has 0 radical (unpaired) electrons. The van der Waals surface area contributed by atoms with Gasteiger partial charge >= 0.3 is 0 Å². The second kappa shape index (κ2) is 9.51. The highest BCUT2D eigenvalue weighted by Gasteiger charge is 1.47. The Bertz CT molecular complexity index is 3.25. The van der Waals surface area contributed by atoms with E-state index in [1.54, 1.807) is 0 Å². The molecular formula is C3H7I. The van der Waals surface area contributed by atoms with Crippen molar-refractivity contribution < 1.29 is 24.0 Å². The first-order valence-electron chi connectivity index (χ1n) is 1.21. The lowest BCUT2D eigenvalue weighted by molar-refractivity contribution is -0.000000755. The van der Waals surface area contributed by atoms with Crippen LogP contribution in [-0.2, 0) is 0 Å². The van der Waals surface area contributed by atoms with E-state index in [-0.39, 0.29) is 24.0 Å². The van der Waals surface area contributed by atoms with Crippen molar-refractivity contribution in [2.75, 3.05) is 0 Å². The first-order valence-corrected chi connectivity index (χ1v) is 1.21. The van der Waals surface area contributed by atoms with Gasteiger partial charge in [-0.2, -0.15) is 0 Å².